The highest BCUT2D eigenvalue weighted by molar-refractivity contribution is 9.10. The number of rotatable bonds is 14. The maximum atomic E-state index is 13.0. The third kappa shape index (κ3) is 10.1. The summed E-state index contributed by atoms with van der Waals surface area (Å²) in [7, 11) is 1.68. The van der Waals surface area contributed by atoms with Crippen LogP contribution in [-0.2, 0) is 26.4 Å². The summed E-state index contributed by atoms with van der Waals surface area (Å²) in [5, 5.41) is 18.4. The van der Waals surface area contributed by atoms with E-state index in [0.717, 1.165) is 33.1 Å². The minimum atomic E-state index is -0.667. The molecule has 9 nitrogen and oxygen atoms in total. The van der Waals surface area contributed by atoms with Gasteiger partial charge in [-0.25, -0.2) is 9.59 Å². The molecule has 2 aliphatic heterocycles. The van der Waals surface area contributed by atoms with Gasteiger partial charge in [0.15, 0.2) is 0 Å². The number of hydrogen-bond acceptors (Lipinski definition) is 7. The minimum absolute atomic E-state index is 0.0152. The van der Waals surface area contributed by atoms with Crippen LogP contribution >= 0.6 is 15.9 Å². The predicted molar refractivity (Wildman–Crippen MR) is 202 cm³/mol. The number of halogens is 1. The quantitative estimate of drug-likeness (QED) is 0.169. The van der Waals surface area contributed by atoms with E-state index in [-0.39, 0.29) is 43.4 Å². The van der Waals surface area contributed by atoms with Gasteiger partial charge in [0, 0.05) is 50.7 Å². The van der Waals surface area contributed by atoms with Crippen LogP contribution in [0.2, 0.25) is 0 Å². The molecular weight excluding hydrogens is 712 g/mol. The molecular formula is C41H55BrN2O7. The first-order chi connectivity index (χ1) is 24.5. The Morgan fingerprint density at radius 1 is 0.745 bits per heavy atom. The van der Waals surface area contributed by atoms with E-state index in [9.17, 15) is 14.7 Å². The van der Waals surface area contributed by atoms with Crippen LogP contribution < -0.4 is 0 Å². The topological polar surface area (TPSA) is 109 Å². The lowest BCUT2D eigenvalue weighted by Crippen LogP contribution is -2.52. The van der Waals surface area contributed by atoms with Crippen LogP contribution in [0.5, 0.6) is 0 Å². The van der Waals surface area contributed by atoms with E-state index in [4.69, 9.17) is 19.3 Å². The average Bonchev–Trinajstić information content (AvgIpc) is 3.14. The molecule has 2 N–H and O–H groups in total. The van der Waals surface area contributed by atoms with Crippen molar-refractivity contribution < 1.29 is 34.0 Å². The molecule has 0 aromatic heterocycles. The molecule has 2 heterocycles. The van der Waals surface area contributed by atoms with Crippen molar-refractivity contribution in [2.45, 2.75) is 96.1 Å². The number of methoxy groups -OCH3 is 1. The van der Waals surface area contributed by atoms with E-state index in [2.05, 4.69) is 29.8 Å². The second kappa shape index (κ2) is 18.9. The Bertz CT molecular complexity index is 1520. The van der Waals surface area contributed by atoms with Crippen molar-refractivity contribution in [2.24, 2.45) is 5.92 Å². The van der Waals surface area contributed by atoms with Gasteiger partial charge in [0.2, 0.25) is 0 Å². The van der Waals surface area contributed by atoms with Crippen LogP contribution in [0, 0.1) is 5.92 Å². The van der Waals surface area contributed by atoms with Gasteiger partial charge in [-0.2, -0.15) is 0 Å². The van der Waals surface area contributed by atoms with Gasteiger partial charge in [-0.15, -0.1) is 0 Å². The maximum Gasteiger partial charge on any atom is 0.411 e. The molecule has 2 fully saturated rings. The van der Waals surface area contributed by atoms with Crippen LogP contribution in [0.4, 0.5) is 9.59 Å². The number of cyclic esters (lactones) is 2. The zero-order valence-electron chi connectivity index (χ0n) is 30.7. The molecule has 2 saturated heterocycles. The number of carbonyl (C=O) groups excluding carboxylic acids is 2. The predicted octanol–water partition coefficient (Wildman–Crippen LogP) is 8.92. The summed E-state index contributed by atoms with van der Waals surface area (Å²) in [6.45, 7) is 10.3. The van der Waals surface area contributed by atoms with Crippen molar-refractivity contribution in [3.8, 4) is 0 Å². The molecule has 2 aliphatic rings. The molecule has 3 aromatic carbocycles. The Morgan fingerprint density at radius 3 is 1.78 bits per heavy atom. The summed E-state index contributed by atoms with van der Waals surface area (Å²) in [4.78, 5) is 29.1. The van der Waals surface area contributed by atoms with E-state index in [1.807, 2.05) is 92.7 Å². The van der Waals surface area contributed by atoms with Gasteiger partial charge in [0.25, 0.3) is 0 Å². The molecule has 4 unspecified atom stereocenters. The summed E-state index contributed by atoms with van der Waals surface area (Å²) in [5.74, 6) is 0.239. The largest absolute Gasteiger partial charge is 0.442 e. The van der Waals surface area contributed by atoms with Crippen LogP contribution in [0.3, 0.4) is 0 Å². The molecule has 2 amide bonds. The third-order valence-electron chi connectivity index (χ3n) is 10.5. The summed E-state index contributed by atoms with van der Waals surface area (Å²) in [6, 6.07) is 25.9. The number of ether oxygens (including phenoxy) is 3. The summed E-state index contributed by atoms with van der Waals surface area (Å²) < 4.78 is 18.1. The highest BCUT2D eigenvalue weighted by Crippen LogP contribution is 2.41. The second-order valence-corrected chi connectivity index (χ2v) is 14.9. The smallest absolute Gasteiger partial charge is 0.411 e. The van der Waals surface area contributed by atoms with Gasteiger partial charge in [-0.1, -0.05) is 96.5 Å². The Balaban J connectivity index is 0.000000233. The first kappa shape index (κ1) is 40.3. The van der Waals surface area contributed by atoms with Crippen molar-refractivity contribution in [1.82, 2.24) is 9.80 Å². The van der Waals surface area contributed by atoms with Gasteiger partial charge < -0.3 is 34.2 Å². The van der Waals surface area contributed by atoms with Crippen LogP contribution in [0.15, 0.2) is 83.3 Å². The third-order valence-corrected chi connectivity index (χ3v) is 11.0. The van der Waals surface area contributed by atoms with Gasteiger partial charge >= 0.3 is 12.2 Å². The Kier molecular flexibility index (Phi) is 14.9. The van der Waals surface area contributed by atoms with Gasteiger partial charge in [-0.05, 0) is 79.8 Å². The van der Waals surface area contributed by atoms with Gasteiger partial charge in [-0.3, -0.25) is 0 Å². The summed E-state index contributed by atoms with van der Waals surface area (Å²) in [5.41, 5.74) is 3.15. The molecule has 0 bridgehead atoms. The standard InChI is InChI=1S/C23H29NO4.C18H26BrNO3/c1-18(20-11-9-19(10-12-20)17-27-2)24-15-14-23(13-6-16-25,28-22(24)26)21-7-4-3-5-8-21;1-13(2)18(9-4-12-21)10-11-20(17(22)23-18)14(3)15-5-7-16(19)8-6-15/h3-5,7-12,18,25H,6,13-17H2,1-2H3;5-8,13-14,21H,4,9-12H2,1-3H3. The molecule has 10 heteroatoms. The van der Waals surface area contributed by atoms with Crippen LogP contribution in [-0.4, -0.2) is 71.2 Å². The van der Waals surface area contributed by atoms with E-state index < -0.39 is 11.2 Å². The number of aliphatic hydroxyl groups is 2. The average molecular weight is 768 g/mol. The number of benzene rings is 3. The molecule has 5 rings (SSSR count). The second-order valence-electron chi connectivity index (χ2n) is 13.9. The van der Waals surface area contributed by atoms with Gasteiger partial charge in [0.1, 0.15) is 11.2 Å². The Hall–Kier alpha value is -3.44. The highest BCUT2D eigenvalue weighted by atomic mass is 79.9. The monoisotopic (exact) mass is 766 g/mol. The van der Waals surface area contributed by atoms with E-state index in [0.29, 0.717) is 51.8 Å². The fourth-order valence-electron chi connectivity index (χ4n) is 7.10. The van der Waals surface area contributed by atoms with Crippen molar-refractivity contribution in [2.75, 3.05) is 33.4 Å². The molecule has 0 spiro atoms. The molecule has 0 saturated carbocycles. The number of aliphatic hydroxyl groups excluding tert-OH is 2. The van der Waals surface area contributed by atoms with E-state index in [1.165, 1.54) is 0 Å². The summed E-state index contributed by atoms with van der Waals surface area (Å²) in [6.07, 6.45) is 3.54. The van der Waals surface area contributed by atoms with E-state index in [1.54, 1.807) is 16.9 Å². The molecule has 4 atom stereocenters. The van der Waals surface area contributed by atoms with E-state index >= 15 is 0 Å². The number of amides is 2. The molecule has 278 valence electrons. The molecule has 51 heavy (non-hydrogen) atoms. The van der Waals surface area contributed by atoms with Crippen molar-refractivity contribution in [3.05, 3.63) is 106 Å². The maximum absolute atomic E-state index is 13.0. The lowest BCUT2D eigenvalue weighted by Gasteiger charge is -2.45. The highest BCUT2D eigenvalue weighted by Gasteiger charge is 2.44. The van der Waals surface area contributed by atoms with Crippen LogP contribution in [0.25, 0.3) is 0 Å². The van der Waals surface area contributed by atoms with Crippen molar-refractivity contribution in [3.63, 3.8) is 0 Å². The first-order valence-corrected chi connectivity index (χ1v) is 18.9. The minimum Gasteiger partial charge on any atom is -0.442 e. The Labute approximate surface area is 312 Å². The molecule has 3 aromatic rings. The number of hydrogen-bond donors (Lipinski definition) is 2. The fourth-order valence-corrected chi connectivity index (χ4v) is 7.36. The lowest BCUT2D eigenvalue weighted by atomic mass is 9.81. The zero-order valence-corrected chi connectivity index (χ0v) is 32.3. The SMILES string of the molecule is CC(c1ccc(Br)cc1)N1CCC(CCCO)(C(C)C)OC1=O.COCc1ccc(C(C)N2CCC(CCCO)(c3ccccc3)OC2=O)cc1. The van der Waals surface area contributed by atoms with Crippen molar-refractivity contribution >= 4 is 28.1 Å². The molecule has 0 aliphatic carbocycles. The van der Waals surface area contributed by atoms with Crippen molar-refractivity contribution in [1.29, 1.82) is 0 Å². The zero-order chi connectivity index (χ0) is 37.0. The number of nitrogens with zero attached hydrogens (tertiary/aromatic N) is 2. The fraction of sp³-hybridized carbons (Fsp3) is 0.512. The first-order valence-electron chi connectivity index (χ1n) is 18.1. The normalized spacial score (nSPS) is 21.7. The Morgan fingerprint density at radius 2 is 1.27 bits per heavy atom. The number of carbonyl (C=O) groups is 2. The molecule has 0 radical (unpaired) electrons. The lowest BCUT2D eigenvalue weighted by molar-refractivity contribution is -0.0894. The van der Waals surface area contributed by atoms with Gasteiger partial charge in [0.05, 0.1) is 18.7 Å². The van der Waals surface area contributed by atoms with Crippen LogP contribution in [0.1, 0.15) is 101 Å². The summed E-state index contributed by atoms with van der Waals surface area (Å²) >= 11 is 3.43.